The molecule has 0 amide bonds. The van der Waals surface area contributed by atoms with Crippen LogP contribution in [0.15, 0.2) is 30.6 Å². The standard InChI is InChI=1S/C19H24NO9/c1-11(21)25-10-15-16(26-12(2)22)17(27-13(3)23)18(28-14(4)24)19(29-15)20-8-6-5-7-9-20/h5-9,15-19H,10H2,1-4H3/q+1/t15-,16-,17+,18-,19+/m1/s1. The van der Waals surface area contributed by atoms with E-state index in [-0.39, 0.29) is 6.61 Å². The largest absolute Gasteiger partial charge is 0.463 e. The topological polar surface area (TPSA) is 118 Å². The fraction of sp³-hybridized carbons (Fsp3) is 0.526. The monoisotopic (exact) mass is 410 g/mol. The molecule has 0 spiro atoms. The minimum atomic E-state index is -1.19. The highest BCUT2D eigenvalue weighted by Crippen LogP contribution is 2.32. The molecule has 10 nitrogen and oxygen atoms in total. The molecule has 0 aromatic carbocycles. The van der Waals surface area contributed by atoms with Gasteiger partial charge in [-0.3, -0.25) is 19.2 Å². The van der Waals surface area contributed by atoms with Gasteiger partial charge < -0.3 is 23.7 Å². The third-order valence-electron chi connectivity index (χ3n) is 4.00. The van der Waals surface area contributed by atoms with Crippen LogP contribution in [0.25, 0.3) is 0 Å². The van der Waals surface area contributed by atoms with Gasteiger partial charge in [0.15, 0.2) is 24.6 Å². The van der Waals surface area contributed by atoms with Crippen LogP contribution in [0.5, 0.6) is 0 Å². The third-order valence-corrected chi connectivity index (χ3v) is 4.00. The van der Waals surface area contributed by atoms with Gasteiger partial charge in [-0.05, 0) is 0 Å². The minimum absolute atomic E-state index is 0.262. The molecular formula is C19H24NO9+. The predicted octanol–water partition coefficient (Wildman–Crippen LogP) is 0.230. The molecule has 1 aromatic rings. The second kappa shape index (κ2) is 9.97. The van der Waals surface area contributed by atoms with E-state index in [0.29, 0.717) is 0 Å². The summed E-state index contributed by atoms with van der Waals surface area (Å²) in [7, 11) is 0. The van der Waals surface area contributed by atoms with E-state index in [1.807, 2.05) is 0 Å². The van der Waals surface area contributed by atoms with Crippen molar-refractivity contribution in [2.75, 3.05) is 6.61 Å². The Morgan fingerprint density at radius 3 is 1.79 bits per heavy atom. The van der Waals surface area contributed by atoms with Gasteiger partial charge in [0, 0.05) is 39.8 Å². The number of pyridine rings is 1. The molecule has 5 atom stereocenters. The summed E-state index contributed by atoms with van der Waals surface area (Å²) < 4.78 is 28.7. The molecule has 2 rings (SSSR count). The summed E-state index contributed by atoms with van der Waals surface area (Å²) in [5.41, 5.74) is 0. The summed E-state index contributed by atoms with van der Waals surface area (Å²) in [5, 5.41) is 0. The first kappa shape index (κ1) is 22.3. The molecule has 1 aliphatic heterocycles. The number of nitrogens with zero attached hydrogens (tertiary/aromatic N) is 1. The lowest BCUT2D eigenvalue weighted by Gasteiger charge is -2.41. The van der Waals surface area contributed by atoms with Gasteiger partial charge in [-0.1, -0.05) is 6.07 Å². The number of aromatic nitrogens is 1. The van der Waals surface area contributed by atoms with Crippen molar-refractivity contribution in [2.45, 2.75) is 58.3 Å². The molecule has 0 aliphatic carbocycles. The molecule has 1 aliphatic rings. The number of hydrogen-bond donors (Lipinski definition) is 0. The number of carbonyl (C=O) groups excluding carboxylic acids is 4. The minimum Gasteiger partial charge on any atom is -0.463 e. The van der Waals surface area contributed by atoms with Crippen LogP contribution >= 0.6 is 0 Å². The van der Waals surface area contributed by atoms with Gasteiger partial charge in [0.25, 0.3) is 0 Å². The van der Waals surface area contributed by atoms with Crippen LogP contribution in [-0.2, 0) is 42.9 Å². The van der Waals surface area contributed by atoms with Crippen molar-refractivity contribution in [2.24, 2.45) is 0 Å². The molecule has 0 unspecified atom stereocenters. The maximum atomic E-state index is 11.8. The third kappa shape index (κ3) is 6.24. The average Bonchev–Trinajstić information content (AvgIpc) is 2.63. The van der Waals surface area contributed by atoms with Gasteiger partial charge in [-0.25, -0.2) is 0 Å². The highest BCUT2D eigenvalue weighted by Gasteiger charge is 2.55. The van der Waals surface area contributed by atoms with E-state index in [1.165, 1.54) is 27.7 Å². The average molecular weight is 410 g/mol. The molecule has 1 fully saturated rings. The van der Waals surface area contributed by atoms with Crippen molar-refractivity contribution >= 4 is 23.9 Å². The lowest BCUT2D eigenvalue weighted by molar-refractivity contribution is -0.777. The van der Waals surface area contributed by atoms with Crippen molar-refractivity contribution in [1.29, 1.82) is 0 Å². The zero-order valence-electron chi connectivity index (χ0n) is 16.6. The first-order valence-corrected chi connectivity index (χ1v) is 8.95. The first-order chi connectivity index (χ1) is 13.7. The lowest BCUT2D eigenvalue weighted by atomic mass is 9.97. The van der Waals surface area contributed by atoms with Crippen molar-refractivity contribution in [3.05, 3.63) is 30.6 Å². The van der Waals surface area contributed by atoms with Crippen LogP contribution < -0.4 is 4.57 Å². The Labute approximate surface area is 167 Å². The Hall–Kier alpha value is -3.01. The summed E-state index contributed by atoms with van der Waals surface area (Å²) in [4.78, 5) is 46.5. The van der Waals surface area contributed by atoms with Crippen LogP contribution in [-0.4, -0.2) is 54.9 Å². The Bertz CT molecular complexity index is 751. The van der Waals surface area contributed by atoms with E-state index in [2.05, 4.69) is 0 Å². The van der Waals surface area contributed by atoms with Crippen LogP contribution in [0.4, 0.5) is 0 Å². The van der Waals surface area contributed by atoms with E-state index in [4.69, 9.17) is 23.7 Å². The SMILES string of the molecule is CC(=O)OC[C@H]1O[C@H]([n+]2ccccc2)[C@H](OC(C)=O)[C@@H](OC(C)=O)[C@@H]1OC(C)=O. The van der Waals surface area contributed by atoms with Crippen molar-refractivity contribution in [3.8, 4) is 0 Å². The summed E-state index contributed by atoms with van der Waals surface area (Å²) in [6.07, 6.45) is -2.05. The van der Waals surface area contributed by atoms with Gasteiger partial charge in [0.1, 0.15) is 12.7 Å². The zero-order chi connectivity index (χ0) is 21.6. The van der Waals surface area contributed by atoms with Crippen molar-refractivity contribution < 1.29 is 47.4 Å². The van der Waals surface area contributed by atoms with E-state index in [1.54, 1.807) is 35.2 Å². The quantitative estimate of drug-likeness (QED) is 0.369. The fourth-order valence-electron chi connectivity index (χ4n) is 3.03. The number of esters is 4. The van der Waals surface area contributed by atoms with Crippen LogP contribution in [0.2, 0.25) is 0 Å². The summed E-state index contributed by atoms with van der Waals surface area (Å²) in [6, 6.07) is 5.24. The highest BCUT2D eigenvalue weighted by atomic mass is 16.7. The zero-order valence-corrected chi connectivity index (χ0v) is 16.6. The highest BCUT2D eigenvalue weighted by molar-refractivity contribution is 5.68. The molecule has 29 heavy (non-hydrogen) atoms. The van der Waals surface area contributed by atoms with Gasteiger partial charge >= 0.3 is 30.1 Å². The van der Waals surface area contributed by atoms with Gasteiger partial charge in [-0.2, -0.15) is 4.57 Å². The molecule has 10 heteroatoms. The summed E-state index contributed by atoms with van der Waals surface area (Å²) >= 11 is 0. The molecule has 0 radical (unpaired) electrons. The van der Waals surface area contributed by atoms with Crippen molar-refractivity contribution in [3.63, 3.8) is 0 Å². The van der Waals surface area contributed by atoms with Gasteiger partial charge in [0.05, 0.1) is 0 Å². The lowest BCUT2D eigenvalue weighted by Crippen LogP contribution is -2.65. The molecule has 0 saturated carbocycles. The number of carbonyl (C=O) groups is 4. The Morgan fingerprint density at radius 2 is 1.28 bits per heavy atom. The number of ether oxygens (including phenoxy) is 5. The second-order valence-electron chi connectivity index (χ2n) is 6.41. The maximum absolute atomic E-state index is 11.8. The number of hydrogen-bond acceptors (Lipinski definition) is 9. The number of rotatable bonds is 6. The molecule has 158 valence electrons. The van der Waals surface area contributed by atoms with Crippen LogP contribution in [0.1, 0.15) is 33.9 Å². The van der Waals surface area contributed by atoms with Gasteiger partial charge in [-0.15, -0.1) is 0 Å². The maximum Gasteiger partial charge on any atom is 0.304 e. The van der Waals surface area contributed by atoms with Crippen LogP contribution in [0.3, 0.4) is 0 Å². The summed E-state index contributed by atoms with van der Waals surface area (Å²) in [6.45, 7) is 4.51. The van der Waals surface area contributed by atoms with Crippen molar-refractivity contribution in [1.82, 2.24) is 0 Å². The predicted molar refractivity (Wildman–Crippen MR) is 93.8 cm³/mol. The first-order valence-electron chi connectivity index (χ1n) is 8.95. The normalized spacial score (nSPS) is 26.1. The second-order valence-corrected chi connectivity index (χ2v) is 6.41. The fourth-order valence-corrected chi connectivity index (χ4v) is 3.03. The molecule has 0 bridgehead atoms. The van der Waals surface area contributed by atoms with E-state index < -0.39 is 54.5 Å². The van der Waals surface area contributed by atoms with E-state index in [0.717, 1.165) is 0 Å². The molecule has 2 heterocycles. The Kier molecular flexibility index (Phi) is 7.66. The summed E-state index contributed by atoms with van der Waals surface area (Å²) in [5.74, 6) is -2.55. The van der Waals surface area contributed by atoms with Gasteiger partial charge in [0.2, 0.25) is 6.10 Å². The molecule has 0 N–H and O–H groups in total. The molecule has 1 aromatic heterocycles. The Balaban J connectivity index is 2.49. The smallest absolute Gasteiger partial charge is 0.304 e. The van der Waals surface area contributed by atoms with E-state index >= 15 is 0 Å². The Morgan fingerprint density at radius 1 is 0.759 bits per heavy atom. The molecule has 1 saturated heterocycles. The molecular weight excluding hydrogens is 386 g/mol. The van der Waals surface area contributed by atoms with E-state index in [9.17, 15) is 19.2 Å². The van der Waals surface area contributed by atoms with Crippen LogP contribution in [0, 0.1) is 0 Å².